The van der Waals surface area contributed by atoms with E-state index in [-0.39, 0.29) is 11.3 Å². The van der Waals surface area contributed by atoms with E-state index >= 15 is 0 Å². The summed E-state index contributed by atoms with van der Waals surface area (Å²) in [5.41, 5.74) is 1.64. The van der Waals surface area contributed by atoms with Crippen LogP contribution in [0.5, 0.6) is 0 Å². The van der Waals surface area contributed by atoms with Crippen LogP contribution in [0.4, 0.5) is 5.69 Å². The maximum atomic E-state index is 13.9. The van der Waals surface area contributed by atoms with Crippen molar-refractivity contribution in [2.24, 2.45) is 5.92 Å². The molecule has 0 heterocycles. The zero-order valence-electron chi connectivity index (χ0n) is 22.2. The first-order chi connectivity index (χ1) is 19.4. The van der Waals surface area contributed by atoms with Gasteiger partial charge < -0.3 is 4.90 Å². The highest BCUT2D eigenvalue weighted by Gasteiger charge is 2.33. The lowest BCUT2D eigenvalue weighted by atomic mass is 9.94. The van der Waals surface area contributed by atoms with E-state index in [0.29, 0.717) is 18.7 Å². The van der Waals surface area contributed by atoms with Gasteiger partial charge in [-0.25, -0.2) is 13.1 Å². The van der Waals surface area contributed by atoms with E-state index < -0.39 is 27.8 Å². The molecule has 0 spiro atoms. The molecule has 40 heavy (non-hydrogen) atoms. The molecule has 0 bridgehead atoms. The summed E-state index contributed by atoms with van der Waals surface area (Å²) in [6.07, 6.45) is 0.572. The molecule has 2 amide bonds. The van der Waals surface area contributed by atoms with Crippen molar-refractivity contribution in [1.29, 1.82) is 0 Å². The van der Waals surface area contributed by atoms with Crippen molar-refractivity contribution < 1.29 is 18.0 Å². The number of nitrogens with one attached hydrogen (secondary N) is 1. The van der Waals surface area contributed by atoms with Crippen molar-refractivity contribution in [2.75, 3.05) is 11.4 Å². The summed E-state index contributed by atoms with van der Waals surface area (Å²) < 4.78 is 28.8. The molecule has 0 radical (unpaired) electrons. The van der Waals surface area contributed by atoms with E-state index in [1.165, 1.54) is 17.0 Å². The lowest BCUT2D eigenvalue weighted by Gasteiger charge is -2.26. The predicted molar refractivity (Wildman–Crippen MR) is 160 cm³/mol. The zero-order valence-corrected chi connectivity index (χ0v) is 23.0. The summed E-state index contributed by atoms with van der Waals surface area (Å²) in [5, 5.41) is 3.72. The smallest absolute Gasteiger partial charge is 0.264 e. The third kappa shape index (κ3) is 5.75. The van der Waals surface area contributed by atoms with Gasteiger partial charge in [0.1, 0.15) is 5.92 Å². The Bertz CT molecular complexity index is 1780. The Hall–Kier alpha value is -4.49. The van der Waals surface area contributed by atoms with Crippen LogP contribution in [0.1, 0.15) is 18.9 Å². The molecule has 0 aliphatic heterocycles. The minimum absolute atomic E-state index is 0.0322. The van der Waals surface area contributed by atoms with Gasteiger partial charge in [-0.3, -0.25) is 9.59 Å². The molecule has 5 rings (SSSR count). The molecule has 0 saturated heterocycles. The summed E-state index contributed by atoms with van der Waals surface area (Å²) in [5.74, 6) is -2.50. The number of anilines is 1. The van der Waals surface area contributed by atoms with Gasteiger partial charge in [0, 0.05) is 12.2 Å². The molecular formula is C33H30N2O4S. The van der Waals surface area contributed by atoms with E-state index in [1.807, 2.05) is 91.9 Å². The molecular weight excluding hydrogens is 520 g/mol. The fraction of sp³-hybridized carbons (Fsp3) is 0.152. The van der Waals surface area contributed by atoms with Crippen LogP contribution < -0.4 is 9.62 Å². The van der Waals surface area contributed by atoms with Crippen LogP contribution in [0, 0.1) is 5.92 Å². The van der Waals surface area contributed by atoms with Gasteiger partial charge in [0.25, 0.3) is 10.0 Å². The number of carbonyl (C=O) groups excluding carboxylic acids is 2. The summed E-state index contributed by atoms with van der Waals surface area (Å²) in [6.45, 7) is 2.16. The molecule has 1 N–H and O–H groups in total. The number of hydrogen-bond donors (Lipinski definition) is 1. The molecule has 0 saturated carbocycles. The maximum absolute atomic E-state index is 13.9. The van der Waals surface area contributed by atoms with E-state index in [1.54, 1.807) is 18.2 Å². The lowest BCUT2D eigenvalue weighted by molar-refractivity contribution is -0.132. The van der Waals surface area contributed by atoms with Gasteiger partial charge in [0.2, 0.25) is 11.8 Å². The molecule has 0 aliphatic rings. The van der Waals surface area contributed by atoms with Gasteiger partial charge in [-0.2, -0.15) is 0 Å². The van der Waals surface area contributed by atoms with Crippen LogP contribution in [0.2, 0.25) is 0 Å². The number of carbonyl (C=O) groups is 2. The Balaban J connectivity index is 1.45. The number of fused-ring (bicyclic) bond motifs is 2. The molecule has 0 aromatic heterocycles. The largest absolute Gasteiger partial charge is 0.312 e. The Morgan fingerprint density at radius 1 is 0.750 bits per heavy atom. The second-order valence-corrected chi connectivity index (χ2v) is 11.3. The first-order valence-corrected chi connectivity index (χ1v) is 14.7. The summed E-state index contributed by atoms with van der Waals surface area (Å²) in [6, 6.07) is 35.0. The average molecular weight is 551 g/mol. The normalized spacial score (nSPS) is 12.2. The van der Waals surface area contributed by atoms with Gasteiger partial charge in [0.05, 0.1) is 4.90 Å². The molecule has 1 atom stereocenters. The second-order valence-electron chi connectivity index (χ2n) is 9.63. The van der Waals surface area contributed by atoms with Crippen LogP contribution in [0.25, 0.3) is 21.5 Å². The van der Waals surface area contributed by atoms with E-state index in [2.05, 4.69) is 4.72 Å². The van der Waals surface area contributed by atoms with Crippen molar-refractivity contribution in [1.82, 2.24) is 4.72 Å². The van der Waals surface area contributed by atoms with Gasteiger partial charge in [-0.05, 0) is 71.1 Å². The van der Waals surface area contributed by atoms with Gasteiger partial charge in [0.15, 0.2) is 0 Å². The van der Waals surface area contributed by atoms with Crippen LogP contribution in [0.15, 0.2) is 120 Å². The summed E-state index contributed by atoms with van der Waals surface area (Å²) in [7, 11) is -4.21. The highest BCUT2D eigenvalue weighted by Crippen LogP contribution is 2.25. The zero-order chi connectivity index (χ0) is 28.1. The molecule has 5 aromatic carbocycles. The maximum Gasteiger partial charge on any atom is 0.264 e. The molecule has 202 valence electrons. The molecule has 1 unspecified atom stereocenters. The van der Waals surface area contributed by atoms with Crippen molar-refractivity contribution >= 4 is 49.1 Å². The number of hydrogen-bond acceptors (Lipinski definition) is 4. The van der Waals surface area contributed by atoms with Crippen LogP contribution in [-0.4, -0.2) is 26.8 Å². The highest BCUT2D eigenvalue weighted by atomic mass is 32.2. The Kier molecular flexibility index (Phi) is 7.94. The third-order valence-corrected chi connectivity index (χ3v) is 8.46. The van der Waals surface area contributed by atoms with Crippen LogP contribution >= 0.6 is 0 Å². The second kappa shape index (κ2) is 11.7. The first-order valence-electron chi connectivity index (χ1n) is 13.3. The number of nitrogens with zero attached hydrogens (tertiary/aromatic N) is 1. The van der Waals surface area contributed by atoms with Gasteiger partial charge in [-0.15, -0.1) is 0 Å². The number of benzene rings is 5. The van der Waals surface area contributed by atoms with Crippen molar-refractivity contribution in [3.63, 3.8) is 0 Å². The average Bonchev–Trinajstić information content (AvgIpc) is 2.98. The molecule has 6 nitrogen and oxygen atoms in total. The van der Waals surface area contributed by atoms with Crippen LogP contribution in [0.3, 0.4) is 0 Å². The van der Waals surface area contributed by atoms with Crippen molar-refractivity contribution in [3.05, 3.63) is 121 Å². The summed E-state index contributed by atoms with van der Waals surface area (Å²) >= 11 is 0. The predicted octanol–water partition coefficient (Wildman–Crippen LogP) is 6.10. The SMILES string of the molecule is CCN(C(=O)C(CCc1cccc2ccccc12)C(=O)NS(=O)(=O)c1ccc2ccccc2c1)c1ccccc1. The quantitative estimate of drug-likeness (QED) is 0.225. The standard InChI is InChI=1S/C33H30N2O4S/c1-2-35(28-16-4-3-5-17-28)33(37)31(22-20-26-15-10-14-25-12-8-9-18-30(25)26)32(36)34-40(38,39)29-21-19-24-11-6-7-13-27(24)23-29/h3-19,21,23,31H,2,20,22H2,1H3,(H,34,36). The number of aryl methyl sites for hydroxylation is 1. The molecule has 0 fully saturated rings. The van der Waals surface area contributed by atoms with Gasteiger partial charge in [-0.1, -0.05) is 91.0 Å². The molecule has 5 aromatic rings. The number of amides is 2. The third-order valence-electron chi connectivity index (χ3n) is 7.11. The van der Waals surface area contributed by atoms with Crippen LogP contribution in [-0.2, 0) is 26.0 Å². The minimum Gasteiger partial charge on any atom is -0.312 e. The van der Waals surface area contributed by atoms with Gasteiger partial charge >= 0.3 is 0 Å². The topological polar surface area (TPSA) is 83.6 Å². The monoisotopic (exact) mass is 550 g/mol. The molecule has 0 aliphatic carbocycles. The Morgan fingerprint density at radius 2 is 1.40 bits per heavy atom. The van der Waals surface area contributed by atoms with E-state index in [4.69, 9.17) is 0 Å². The Morgan fingerprint density at radius 3 is 2.15 bits per heavy atom. The first kappa shape index (κ1) is 27.1. The van der Waals surface area contributed by atoms with Crippen molar-refractivity contribution in [2.45, 2.75) is 24.7 Å². The summed E-state index contributed by atoms with van der Waals surface area (Å²) in [4.78, 5) is 29.0. The number of rotatable bonds is 9. The Labute approximate surface area is 234 Å². The number of sulfonamides is 1. The number of para-hydroxylation sites is 1. The lowest BCUT2D eigenvalue weighted by Crippen LogP contribution is -2.45. The van der Waals surface area contributed by atoms with E-state index in [0.717, 1.165) is 27.1 Å². The fourth-order valence-electron chi connectivity index (χ4n) is 5.04. The highest BCUT2D eigenvalue weighted by molar-refractivity contribution is 7.90. The molecule has 7 heteroatoms. The van der Waals surface area contributed by atoms with Crippen molar-refractivity contribution in [3.8, 4) is 0 Å². The fourth-order valence-corrected chi connectivity index (χ4v) is 6.09. The minimum atomic E-state index is -4.21. The van der Waals surface area contributed by atoms with E-state index in [9.17, 15) is 18.0 Å².